The van der Waals surface area contributed by atoms with Crippen LogP contribution in [0, 0.1) is 10.8 Å². The molecule has 3 fully saturated rings. The first-order valence-corrected chi connectivity index (χ1v) is 16.2. The third-order valence-electron chi connectivity index (χ3n) is 10.7. The molecule has 3 atom stereocenters. The first-order valence-electron chi connectivity index (χ1n) is 16.2. The van der Waals surface area contributed by atoms with Gasteiger partial charge in [0.1, 0.15) is 23.0 Å². The van der Waals surface area contributed by atoms with E-state index in [-0.39, 0.29) is 34.5 Å². The highest BCUT2D eigenvalue weighted by Gasteiger charge is 2.58. The highest BCUT2D eigenvalue weighted by atomic mass is 16.5. The van der Waals surface area contributed by atoms with Gasteiger partial charge in [0.25, 0.3) is 5.91 Å². The Morgan fingerprint density at radius 1 is 1.04 bits per heavy atom. The number of hydrogen-bond acceptors (Lipinski definition) is 6. The summed E-state index contributed by atoms with van der Waals surface area (Å²) in [5, 5.41) is 17.1. The topological polar surface area (TPSA) is 126 Å². The second kappa shape index (κ2) is 11.3. The van der Waals surface area contributed by atoms with Crippen molar-refractivity contribution in [3.8, 4) is 5.75 Å². The maximum Gasteiger partial charge on any atom is 0.270 e. The minimum atomic E-state index is -0.867. The molecule has 3 amide bonds. The number of para-hydroxylation sites is 1. The zero-order chi connectivity index (χ0) is 31.2. The molecule has 10 heteroatoms. The molecule has 1 saturated heterocycles. The number of rotatable bonds is 9. The number of hydrogen-bond donors (Lipinski definition) is 4. The number of carbonyl (C=O) groups excluding carboxylic acids is 3. The average molecular weight is 611 g/mol. The quantitative estimate of drug-likeness (QED) is 0.290. The van der Waals surface area contributed by atoms with Gasteiger partial charge in [0.15, 0.2) is 0 Å². The van der Waals surface area contributed by atoms with E-state index in [1.165, 1.54) is 11.1 Å². The first kappa shape index (κ1) is 29.5. The Kier molecular flexibility index (Phi) is 7.43. The minimum Gasteiger partial charge on any atom is -0.493 e. The van der Waals surface area contributed by atoms with Gasteiger partial charge in [-0.25, -0.2) is 0 Å². The lowest BCUT2D eigenvalue weighted by Crippen LogP contribution is -2.53. The van der Waals surface area contributed by atoms with Crippen LogP contribution in [0.4, 0.5) is 5.69 Å². The zero-order valence-electron chi connectivity index (χ0n) is 26.0. The summed E-state index contributed by atoms with van der Waals surface area (Å²) in [6, 6.07) is 16.1. The van der Waals surface area contributed by atoms with Gasteiger partial charge in [-0.2, -0.15) is 5.10 Å². The standard InChI is InChI=1S/C35H42N6O4/c1-33(13-6-14-33)21-36-32(44)35(15-7-18-37-35)23-8-5-9-24(20-23)39-31(43)29(40-30(42)26-12-19-38-41(26)2)28-25-10-3-4-11-27(25)45-22-34(28)16-17-34/h3-5,8-12,19-20,28-29,37H,6-7,13-18,21-22H2,1-2H3,(H,36,44)(H,39,43)(H,40,42)/t28?,29-,35?/m0/s1. The molecule has 2 aliphatic carbocycles. The van der Waals surface area contributed by atoms with Gasteiger partial charge in [-0.3, -0.25) is 24.4 Å². The number of ether oxygens (including phenoxy) is 1. The van der Waals surface area contributed by atoms with E-state index >= 15 is 0 Å². The fourth-order valence-electron chi connectivity index (χ4n) is 7.57. The van der Waals surface area contributed by atoms with Gasteiger partial charge in [-0.05, 0) is 80.3 Å². The largest absolute Gasteiger partial charge is 0.493 e. The highest BCUT2D eigenvalue weighted by Crippen LogP contribution is 2.61. The van der Waals surface area contributed by atoms with E-state index < -0.39 is 11.6 Å². The van der Waals surface area contributed by atoms with Gasteiger partial charge < -0.3 is 20.7 Å². The number of aryl methyl sites for hydroxylation is 1. The van der Waals surface area contributed by atoms with Crippen molar-refractivity contribution >= 4 is 23.4 Å². The van der Waals surface area contributed by atoms with Gasteiger partial charge in [-0.15, -0.1) is 0 Å². The van der Waals surface area contributed by atoms with Crippen molar-refractivity contribution in [3.63, 3.8) is 0 Å². The van der Waals surface area contributed by atoms with E-state index in [1.807, 2.05) is 48.5 Å². The summed E-state index contributed by atoms with van der Waals surface area (Å²) in [7, 11) is 1.71. The van der Waals surface area contributed by atoms with E-state index in [1.54, 1.807) is 19.3 Å². The molecule has 45 heavy (non-hydrogen) atoms. The molecule has 3 heterocycles. The Morgan fingerprint density at radius 2 is 1.87 bits per heavy atom. The highest BCUT2D eigenvalue weighted by molar-refractivity contribution is 6.01. The second-order valence-corrected chi connectivity index (χ2v) is 13.8. The van der Waals surface area contributed by atoms with E-state index in [2.05, 4.69) is 33.3 Å². The lowest BCUT2D eigenvalue weighted by molar-refractivity contribution is -0.128. The molecule has 7 rings (SSSR count). The summed E-state index contributed by atoms with van der Waals surface area (Å²) >= 11 is 0. The fraction of sp³-hybridized carbons (Fsp3) is 0.486. The van der Waals surface area contributed by atoms with E-state index in [4.69, 9.17) is 4.74 Å². The van der Waals surface area contributed by atoms with Gasteiger partial charge >= 0.3 is 0 Å². The average Bonchev–Trinajstić information content (AvgIpc) is 3.39. The molecule has 4 aliphatic rings. The molecule has 2 aliphatic heterocycles. The predicted octanol–water partition coefficient (Wildman–Crippen LogP) is 4.00. The smallest absolute Gasteiger partial charge is 0.270 e. The van der Waals surface area contributed by atoms with Crippen LogP contribution in [-0.4, -0.2) is 53.2 Å². The summed E-state index contributed by atoms with van der Waals surface area (Å²) in [5.74, 6) is -0.233. The van der Waals surface area contributed by atoms with Crippen LogP contribution in [-0.2, 0) is 22.2 Å². The Labute approximate surface area is 263 Å². The molecule has 10 nitrogen and oxygen atoms in total. The number of benzene rings is 2. The summed E-state index contributed by atoms with van der Waals surface area (Å²) in [6.07, 6.45) is 8.42. The molecule has 2 unspecified atom stereocenters. The molecule has 4 N–H and O–H groups in total. The Bertz CT molecular complexity index is 1620. The van der Waals surface area contributed by atoms with Gasteiger partial charge in [0.2, 0.25) is 11.8 Å². The molecular weight excluding hydrogens is 568 g/mol. The monoisotopic (exact) mass is 610 g/mol. The van der Waals surface area contributed by atoms with Crippen LogP contribution >= 0.6 is 0 Å². The van der Waals surface area contributed by atoms with Crippen LogP contribution in [0.5, 0.6) is 5.75 Å². The number of fused-ring (bicyclic) bond motifs is 1. The van der Waals surface area contributed by atoms with Crippen LogP contribution < -0.4 is 26.0 Å². The van der Waals surface area contributed by atoms with Crippen LogP contribution in [0.2, 0.25) is 0 Å². The number of nitrogens with one attached hydrogen (secondary N) is 4. The number of nitrogens with zero attached hydrogens (tertiary/aromatic N) is 2. The lowest BCUT2D eigenvalue weighted by Gasteiger charge is -2.40. The molecule has 236 valence electrons. The van der Waals surface area contributed by atoms with Crippen molar-refractivity contribution in [1.82, 2.24) is 25.7 Å². The van der Waals surface area contributed by atoms with Gasteiger partial charge in [0, 0.05) is 42.4 Å². The van der Waals surface area contributed by atoms with Crippen LogP contribution in [0.3, 0.4) is 0 Å². The summed E-state index contributed by atoms with van der Waals surface area (Å²) in [6.45, 7) is 4.14. The van der Waals surface area contributed by atoms with Crippen molar-refractivity contribution in [2.75, 3.05) is 25.0 Å². The van der Waals surface area contributed by atoms with Crippen molar-refractivity contribution < 1.29 is 19.1 Å². The summed E-state index contributed by atoms with van der Waals surface area (Å²) in [4.78, 5) is 41.6. The van der Waals surface area contributed by atoms with Crippen LogP contribution in [0.25, 0.3) is 0 Å². The molecule has 1 spiro atoms. The first-order chi connectivity index (χ1) is 21.7. The zero-order valence-corrected chi connectivity index (χ0v) is 26.0. The molecule has 3 aromatic rings. The Balaban J connectivity index is 1.18. The third-order valence-corrected chi connectivity index (χ3v) is 10.7. The maximum atomic E-state index is 14.3. The predicted molar refractivity (Wildman–Crippen MR) is 170 cm³/mol. The second-order valence-electron chi connectivity index (χ2n) is 13.8. The minimum absolute atomic E-state index is 0.0209. The van der Waals surface area contributed by atoms with E-state index in [9.17, 15) is 14.4 Å². The van der Waals surface area contributed by atoms with Crippen LogP contribution in [0.15, 0.2) is 60.8 Å². The molecule has 0 radical (unpaired) electrons. The van der Waals surface area contributed by atoms with E-state index in [0.717, 1.165) is 55.5 Å². The Hall–Kier alpha value is -4.18. The molecule has 1 aromatic heterocycles. The van der Waals surface area contributed by atoms with E-state index in [0.29, 0.717) is 31.0 Å². The molecular formula is C35H42N6O4. The number of amides is 3. The van der Waals surface area contributed by atoms with Gasteiger partial charge in [-0.1, -0.05) is 43.7 Å². The number of aromatic nitrogens is 2. The normalized spacial score (nSPS) is 24.4. The van der Waals surface area contributed by atoms with Gasteiger partial charge in [0.05, 0.1) is 6.61 Å². The molecule has 0 bridgehead atoms. The number of anilines is 1. The van der Waals surface area contributed by atoms with Crippen molar-refractivity contribution in [3.05, 3.63) is 77.6 Å². The third kappa shape index (κ3) is 5.39. The number of carbonyl (C=O) groups is 3. The summed E-state index contributed by atoms with van der Waals surface area (Å²) < 4.78 is 7.63. The fourth-order valence-corrected chi connectivity index (χ4v) is 7.57. The van der Waals surface area contributed by atoms with Crippen molar-refractivity contribution in [1.29, 1.82) is 0 Å². The molecule has 2 aromatic carbocycles. The Morgan fingerprint density at radius 3 is 2.56 bits per heavy atom. The summed E-state index contributed by atoms with van der Waals surface area (Å²) in [5.41, 5.74) is 1.77. The maximum absolute atomic E-state index is 14.3. The lowest BCUT2D eigenvalue weighted by atomic mass is 9.70. The van der Waals surface area contributed by atoms with Crippen LogP contribution in [0.1, 0.15) is 79.4 Å². The SMILES string of the molecule is Cn1nccc1C(=O)N[C@H](C(=O)Nc1cccc(C2(C(=O)NCC3(C)CCC3)CCCN2)c1)C1c2ccccc2OCC12CC2. The van der Waals surface area contributed by atoms with Crippen molar-refractivity contribution in [2.24, 2.45) is 17.9 Å². The molecule has 2 saturated carbocycles. The van der Waals surface area contributed by atoms with Crippen molar-refractivity contribution in [2.45, 2.75) is 69.4 Å².